The van der Waals surface area contributed by atoms with Gasteiger partial charge >= 0.3 is 5.97 Å². The molecule has 216 valence electrons. The Morgan fingerprint density at radius 3 is 2.17 bits per heavy atom. The Morgan fingerprint density at radius 2 is 1.57 bits per heavy atom. The SMILES string of the molecule is CC.CCC(=O)O.CCc1cc2cc3cc(C)c(cc4nc(c(C)c5nc(cc1[nH]2)C(C)=C5)CC4C)[nH]3.CNC. The van der Waals surface area contributed by atoms with Crippen LogP contribution in [0.5, 0.6) is 0 Å². The number of nitrogens with one attached hydrogen (secondary N) is 3. The van der Waals surface area contributed by atoms with Crippen LogP contribution in [0.3, 0.4) is 0 Å². The maximum Gasteiger partial charge on any atom is 0.303 e. The molecule has 40 heavy (non-hydrogen) atoms. The second-order valence-corrected chi connectivity index (χ2v) is 9.94. The van der Waals surface area contributed by atoms with Crippen LogP contribution >= 0.6 is 0 Å². The van der Waals surface area contributed by atoms with E-state index in [0.717, 1.165) is 57.7 Å². The minimum absolute atomic E-state index is 0.222. The van der Waals surface area contributed by atoms with Crippen LogP contribution < -0.4 is 5.32 Å². The Bertz CT molecular complexity index is 1490. The number of nitrogens with zero attached hydrogens (tertiary/aromatic N) is 2. The summed E-state index contributed by atoms with van der Waals surface area (Å²) in [5, 5.41) is 10.5. The highest BCUT2D eigenvalue weighted by atomic mass is 16.4. The van der Waals surface area contributed by atoms with E-state index in [4.69, 9.17) is 15.1 Å². The van der Waals surface area contributed by atoms with E-state index < -0.39 is 5.97 Å². The number of H-pyrrole nitrogens is 2. The Labute approximate surface area is 239 Å². The normalized spacial score (nSPS) is 13.6. The van der Waals surface area contributed by atoms with Gasteiger partial charge in [-0.25, -0.2) is 4.98 Å². The van der Waals surface area contributed by atoms with Crippen molar-refractivity contribution in [1.29, 1.82) is 0 Å². The minimum atomic E-state index is -0.745. The van der Waals surface area contributed by atoms with Crippen LogP contribution in [0, 0.1) is 13.8 Å². The maximum absolute atomic E-state index is 9.37. The van der Waals surface area contributed by atoms with Gasteiger partial charge in [0.15, 0.2) is 0 Å². The summed E-state index contributed by atoms with van der Waals surface area (Å²) in [5.41, 5.74) is 13.7. The van der Waals surface area contributed by atoms with Gasteiger partial charge in [-0.1, -0.05) is 34.6 Å². The minimum Gasteiger partial charge on any atom is -0.481 e. The van der Waals surface area contributed by atoms with Crippen LogP contribution in [0.1, 0.15) is 93.3 Å². The molecule has 0 saturated heterocycles. The fraction of sp³-hybridized carbons (Fsp3) is 0.424. The first-order valence-corrected chi connectivity index (χ1v) is 14.3. The van der Waals surface area contributed by atoms with Crippen molar-refractivity contribution in [2.45, 2.75) is 80.6 Å². The molecule has 7 nitrogen and oxygen atoms in total. The molecule has 7 heteroatoms. The van der Waals surface area contributed by atoms with E-state index >= 15 is 0 Å². The number of carbonyl (C=O) groups is 1. The summed E-state index contributed by atoms with van der Waals surface area (Å²) >= 11 is 0. The van der Waals surface area contributed by atoms with E-state index in [1.807, 2.05) is 27.9 Å². The second kappa shape index (κ2) is 15.2. The molecule has 3 aromatic heterocycles. The van der Waals surface area contributed by atoms with E-state index in [1.165, 1.54) is 22.3 Å². The predicted molar refractivity (Wildman–Crippen MR) is 170 cm³/mol. The third-order valence-electron chi connectivity index (χ3n) is 6.68. The highest BCUT2D eigenvalue weighted by Crippen LogP contribution is 2.30. The van der Waals surface area contributed by atoms with Gasteiger partial charge in [-0.15, -0.1) is 0 Å². The van der Waals surface area contributed by atoms with E-state index in [2.05, 4.69) is 86.3 Å². The largest absolute Gasteiger partial charge is 0.481 e. The number of fused-ring (bicyclic) bond motifs is 8. The molecule has 5 heterocycles. The molecule has 1 unspecified atom stereocenters. The van der Waals surface area contributed by atoms with Crippen LogP contribution in [0.15, 0.2) is 30.3 Å². The molecule has 8 bridgehead atoms. The van der Waals surface area contributed by atoms with Gasteiger partial charge < -0.3 is 20.4 Å². The third-order valence-corrected chi connectivity index (χ3v) is 6.68. The van der Waals surface area contributed by atoms with E-state index in [-0.39, 0.29) is 6.42 Å². The van der Waals surface area contributed by atoms with Gasteiger partial charge in [0, 0.05) is 45.8 Å². The van der Waals surface area contributed by atoms with Crippen LogP contribution in [0.2, 0.25) is 0 Å². The Kier molecular flexibility index (Phi) is 12.3. The van der Waals surface area contributed by atoms with Gasteiger partial charge in [0.05, 0.1) is 11.4 Å². The number of hydrogen-bond acceptors (Lipinski definition) is 4. The van der Waals surface area contributed by atoms with Crippen molar-refractivity contribution in [3.63, 3.8) is 0 Å². The predicted octanol–water partition coefficient (Wildman–Crippen LogP) is 7.74. The summed E-state index contributed by atoms with van der Waals surface area (Å²) in [6.07, 6.45) is 4.35. The van der Waals surface area contributed by atoms with Crippen LogP contribution in [0.25, 0.3) is 33.7 Å². The van der Waals surface area contributed by atoms with Gasteiger partial charge in [-0.2, -0.15) is 0 Å². The van der Waals surface area contributed by atoms with Crippen molar-refractivity contribution in [3.8, 4) is 0 Å². The molecule has 0 fully saturated rings. The molecule has 0 spiro atoms. The van der Waals surface area contributed by atoms with Crippen molar-refractivity contribution in [2.24, 2.45) is 0 Å². The van der Waals surface area contributed by atoms with Crippen molar-refractivity contribution in [1.82, 2.24) is 25.3 Å². The number of rotatable bonds is 2. The summed E-state index contributed by atoms with van der Waals surface area (Å²) in [4.78, 5) is 26.5. The zero-order valence-corrected chi connectivity index (χ0v) is 25.9. The maximum atomic E-state index is 9.37. The highest BCUT2D eigenvalue weighted by Gasteiger charge is 2.19. The number of aliphatic carboxylic acids is 1. The lowest BCUT2D eigenvalue weighted by atomic mass is 10.0. The topological polar surface area (TPSA) is 107 Å². The number of carboxylic acids is 1. The van der Waals surface area contributed by atoms with Crippen molar-refractivity contribution in [3.05, 3.63) is 69.8 Å². The molecule has 3 aromatic rings. The Balaban J connectivity index is 0.000000491. The summed E-state index contributed by atoms with van der Waals surface area (Å²) in [7, 11) is 3.75. The van der Waals surface area contributed by atoms with Gasteiger partial charge in [-0.3, -0.25) is 9.78 Å². The molecule has 1 atom stereocenters. The molecular formula is C33H47N5O2. The molecule has 2 aliphatic heterocycles. The van der Waals surface area contributed by atoms with Crippen LogP contribution in [-0.2, 0) is 17.6 Å². The van der Waals surface area contributed by atoms with E-state index in [9.17, 15) is 4.79 Å². The Morgan fingerprint density at radius 1 is 0.975 bits per heavy atom. The van der Waals surface area contributed by atoms with Crippen molar-refractivity contribution >= 4 is 39.7 Å². The van der Waals surface area contributed by atoms with Crippen LogP contribution in [0.4, 0.5) is 0 Å². The van der Waals surface area contributed by atoms with E-state index in [0.29, 0.717) is 5.92 Å². The molecule has 4 N–H and O–H groups in total. The quantitative estimate of drug-likeness (QED) is 0.263. The third kappa shape index (κ3) is 8.15. The molecule has 0 saturated carbocycles. The lowest BCUT2D eigenvalue weighted by molar-refractivity contribution is -0.136. The molecular weight excluding hydrogens is 498 g/mol. The fourth-order valence-corrected chi connectivity index (χ4v) is 4.45. The zero-order chi connectivity index (χ0) is 30.0. The number of carboxylic acid groups (broad SMARTS) is 1. The highest BCUT2D eigenvalue weighted by molar-refractivity contribution is 5.84. The number of aromatic nitrogens is 4. The molecule has 5 rings (SSSR count). The average Bonchev–Trinajstić information content (AvgIpc) is 3.68. The lowest BCUT2D eigenvalue weighted by Crippen LogP contribution is -1.91. The number of allylic oxidation sites excluding steroid dienone is 1. The average molecular weight is 546 g/mol. The number of aryl methyl sites for hydroxylation is 2. The smallest absolute Gasteiger partial charge is 0.303 e. The Hall–Kier alpha value is -3.71. The summed E-state index contributed by atoms with van der Waals surface area (Å²) < 4.78 is 0. The van der Waals surface area contributed by atoms with Gasteiger partial charge in [0.2, 0.25) is 0 Å². The zero-order valence-electron chi connectivity index (χ0n) is 25.9. The molecule has 0 amide bonds. The molecule has 0 aromatic carbocycles. The van der Waals surface area contributed by atoms with Crippen molar-refractivity contribution in [2.75, 3.05) is 14.1 Å². The van der Waals surface area contributed by atoms with Gasteiger partial charge in [-0.05, 0) is 106 Å². The molecule has 2 aliphatic rings. The van der Waals surface area contributed by atoms with Crippen molar-refractivity contribution < 1.29 is 9.90 Å². The first-order chi connectivity index (χ1) is 19.1. The lowest BCUT2D eigenvalue weighted by Gasteiger charge is -2.00. The summed E-state index contributed by atoms with van der Waals surface area (Å²) in [6, 6.07) is 11.0. The number of hydrogen-bond donors (Lipinski definition) is 4. The second-order valence-electron chi connectivity index (χ2n) is 9.94. The van der Waals surface area contributed by atoms with E-state index in [1.54, 1.807) is 6.92 Å². The molecule has 0 radical (unpaired) electrons. The standard InChI is InChI=1S/C26H28N4.C3H6O2.C2H7N.C2H6/c1-6-18-10-20-11-19-7-14(2)21(27-19)12-22-15(3)8-24(29-22)17(5)25-9-16(4)23(30-25)13-26(18)28-20;1-2-3(4)5;1-3-2;1-2/h7,9-13,15,27-28H,6,8H2,1-5H3;2H2,1H3,(H,4,5);3H,1-2H3;1-2H3. The van der Waals surface area contributed by atoms with Gasteiger partial charge in [0.1, 0.15) is 0 Å². The number of aromatic amines is 2. The first-order valence-electron chi connectivity index (χ1n) is 14.3. The first kappa shape index (κ1) is 32.5. The monoisotopic (exact) mass is 545 g/mol. The fourth-order valence-electron chi connectivity index (χ4n) is 4.45. The molecule has 0 aliphatic carbocycles. The summed E-state index contributed by atoms with van der Waals surface area (Å²) in [6.45, 7) is 16.5. The van der Waals surface area contributed by atoms with Gasteiger partial charge in [0.25, 0.3) is 0 Å². The summed E-state index contributed by atoms with van der Waals surface area (Å²) in [5.74, 6) is -0.342. The van der Waals surface area contributed by atoms with Crippen LogP contribution in [-0.4, -0.2) is 45.1 Å².